The molecule has 0 spiro atoms. The van der Waals surface area contributed by atoms with E-state index in [1.54, 1.807) is 6.07 Å². The van der Waals surface area contributed by atoms with Crippen LogP contribution >= 0.6 is 23.7 Å². The summed E-state index contributed by atoms with van der Waals surface area (Å²) in [5, 5.41) is 23.4. The molecule has 29 heavy (non-hydrogen) atoms. The van der Waals surface area contributed by atoms with Gasteiger partial charge in [0.15, 0.2) is 5.01 Å². The highest BCUT2D eigenvalue weighted by Crippen LogP contribution is 2.38. The van der Waals surface area contributed by atoms with Crippen molar-refractivity contribution in [3.63, 3.8) is 0 Å². The Labute approximate surface area is 181 Å². The lowest BCUT2D eigenvalue weighted by Crippen LogP contribution is -2.16. The van der Waals surface area contributed by atoms with Crippen molar-refractivity contribution in [2.75, 3.05) is 13.1 Å². The fourth-order valence-electron chi connectivity index (χ4n) is 3.41. The second kappa shape index (κ2) is 9.36. The molecule has 3 aromatic rings. The largest absolute Gasteiger partial charge is 0.489 e. The molecule has 150 valence electrons. The average Bonchev–Trinajstić information content (AvgIpc) is 3.06. The zero-order valence-electron chi connectivity index (χ0n) is 16.4. The first-order valence-corrected chi connectivity index (χ1v) is 10.3. The van der Waals surface area contributed by atoms with Gasteiger partial charge in [-0.15, -0.1) is 22.6 Å². The SMILES string of the molecule is CC(C)Oc1c(C#N)cccc1-c1nnc(-c2ccc3c(c2)CCNCC3)s1.Cl. The number of ether oxygens (including phenoxy) is 1. The number of halogens is 1. The summed E-state index contributed by atoms with van der Waals surface area (Å²) in [5.74, 6) is 0.579. The van der Waals surface area contributed by atoms with E-state index in [1.165, 1.54) is 22.5 Å². The van der Waals surface area contributed by atoms with Crippen LogP contribution in [-0.4, -0.2) is 29.4 Å². The van der Waals surface area contributed by atoms with E-state index in [2.05, 4.69) is 39.8 Å². The normalized spacial score (nSPS) is 13.2. The highest BCUT2D eigenvalue weighted by atomic mass is 35.5. The van der Waals surface area contributed by atoms with Crippen LogP contribution in [0.5, 0.6) is 5.75 Å². The Kier molecular flexibility index (Phi) is 6.86. The maximum absolute atomic E-state index is 9.45. The van der Waals surface area contributed by atoms with Crippen LogP contribution in [0.15, 0.2) is 36.4 Å². The van der Waals surface area contributed by atoms with Gasteiger partial charge in [-0.3, -0.25) is 0 Å². The quantitative estimate of drug-likeness (QED) is 0.657. The molecule has 0 saturated heterocycles. The summed E-state index contributed by atoms with van der Waals surface area (Å²) in [5.41, 5.74) is 5.21. The van der Waals surface area contributed by atoms with E-state index in [4.69, 9.17) is 4.74 Å². The summed E-state index contributed by atoms with van der Waals surface area (Å²) in [6.07, 6.45) is 2.07. The van der Waals surface area contributed by atoms with Crippen molar-refractivity contribution in [2.24, 2.45) is 0 Å². The summed E-state index contributed by atoms with van der Waals surface area (Å²) in [4.78, 5) is 0. The van der Waals surface area contributed by atoms with E-state index < -0.39 is 0 Å². The molecule has 1 aromatic heterocycles. The third-order valence-electron chi connectivity index (χ3n) is 4.74. The number of nitriles is 1. The Hall–Kier alpha value is -2.46. The van der Waals surface area contributed by atoms with E-state index >= 15 is 0 Å². The molecule has 0 atom stereocenters. The van der Waals surface area contributed by atoms with Gasteiger partial charge in [-0.2, -0.15) is 5.26 Å². The van der Waals surface area contributed by atoms with Gasteiger partial charge in [0.25, 0.3) is 0 Å². The minimum Gasteiger partial charge on any atom is -0.489 e. The zero-order valence-corrected chi connectivity index (χ0v) is 18.1. The molecular weight excluding hydrogens is 404 g/mol. The van der Waals surface area contributed by atoms with Gasteiger partial charge in [-0.25, -0.2) is 0 Å². The Bertz CT molecular complexity index is 1040. The van der Waals surface area contributed by atoms with Crippen LogP contribution in [0.1, 0.15) is 30.5 Å². The van der Waals surface area contributed by atoms with Gasteiger partial charge in [0.1, 0.15) is 16.8 Å². The predicted octanol–water partition coefficient (Wildman–Crippen LogP) is 4.64. The van der Waals surface area contributed by atoms with Gasteiger partial charge >= 0.3 is 0 Å². The molecule has 5 nitrogen and oxygen atoms in total. The molecule has 0 aliphatic carbocycles. The molecule has 4 rings (SSSR count). The van der Waals surface area contributed by atoms with Crippen LogP contribution in [0.4, 0.5) is 0 Å². The van der Waals surface area contributed by atoms with Crippen molar-refractivity contribution in [2.45, 2.75) is 32.8 Å². The Balaban J connectivity index is 0.00000240. The molecule has 0 unspecified atom stereocenters. The summed E-state index contributed by atoms with van der Waals surface area (Å²) in [7, 11) is 0. The van der Waals surface area contributed by atoms with Gasteiger partial charge in [0, 0.05) is 5.56 Å². The zero-order chi connectivity index (χ0) is 19.5. The van der Waals surface area contributed by atoms with Crippen molar-refractivity contribution >= 4 is 23.7 Å². The first kappa shape index (κ1) is 21.3. The maximum Gasteiger partial charge on any atom is 0.151 e. The molecule has 0 bridgehead atoms. The number of nitrogens with zero attached hydrogens (tertiary/aromatic N) is 3. The second-order valence-electron chi connectivity index (χ2n) is 7.11. The molecule has 7 heteroatoms. The molecule has 2 heterocycles. The lowest BCUT2D eigenvalue weighted by molar-refractivity contribution is 0.243. The standard InChI is InChI=1S/C22H22N4OS.ClH/c1-14(2)27-20-18(13-23)4-3-5-19(20)22-26-25-21(28-22)17-7-6-15-8-10-24-11-9-16(15)12-17;/h3-7,12,14,24H,8-11H2,1-2H3;1H. The minimum absolute atomic E-state index is 0. The smallest absolute Gasteiger partial charge is 0.151 e. The fraction of sp³-hybridized carbons (Fsp3) is 0.318. The van der Waals surface area contributed by atoms with Gasteiger partial charge in [0.2, 0.25) is 0 Å². The molecular formula is C22H23ClN4OS. The van der Waals surface area contributed by atoms with Gasteiger partial charge in [-0.05, 0) is 69.1 Å². The first-order valence-electron chi connectivity index (χ1n) is 9.52. The highest BCUT2D eigenvalue weighted by Gasteiger charge is 2.18. The van der Waals surface area contributed by atoms with Crippen molar-refractivity contribution in [1.82, 2.24) is 15.5 Å². The summed E-state index contributed by atoms with van der Waals surface area (Å²) >= 11 is 1.53. The third-order valence-corrected chi connectivity index (χ3v) is 5.75. The first-order chi connectivity index (χ1) is 13.7. The van der Waals surface area contributed by atoms with Crippen molar-refractivity contribution < 1.29 is 4.74 Å². The summed E-state index contributed by atoms with van der Waals surface area (Å²) in [6.45, 7) is 5.94. The molecule has 1 aliphatic rings. The number of hydrogen-bond acceptors (Lipinski definition) is 6. The van der Waals surface area contributed by atoms with Crippen LogP contribution in [0.2, 0.25) is 0 Å². The number of nitrogens with one attached hydrogen (secondary N) is 1. The van der Waals surface area contributed by atoms with Crippen molar-refractivity contribution in [1.29, 1.82) is 5.26 Å². The molecule has 0 radical (unpaired) electrons. The summed E-state index contributed by atoms with van der Waals surface area (Å²) < 4.78 is 5.93. The van der Waals surface area contributed by atoms with E-state index in [-0.39, 0.29) is 18.5 Å². The Morgan fingerprint density at radius 1 is 1.07 bits per heavy atom. The molecule has 0 saturated carbocycles. The lowest BCUT2D eigenvalue weighted by atomic mass is 10.0. The van der Waals surface area contributed by atoms with E-state index in [1.807, 2.05) is 26.0 Å². The van der Waals surface area contributed by atoms with Crippen LogP contribution in [0.25, 0.3) is 21.1 Å². The number of fused-ring (bicyclic) bond motifs is 1. The topological polar surface area (TPSA) is 70.8 Å². The average molecular weight is 427 g/mol. The Morgan fingerprint density at radius 2 is 1.83 bits per heavy atom. The van der Waals surface area contributed by atoms with Crippen LogP contribution in [-0.2, 0) is 12.8 Å². The van der Waals surface area contributed by atoms with E-state index in [9.17, 15) is 5.26 Å². The second-order valence-corrected chi connectivity index (χ2v) is 8.08. The van der Waals surface area contributed by atoms with Gasteiger partial charge < -0.3 is 10.1 Å². The van der Waals surface area contributed by atoms with Crippen LogP contribution < -0.4 is 10.1 Å². The van der Waals surface area contributed by atoms with Gasteiger partial charge in [-0.1, -0.05) is 29.5 Å². The number of benzene rings is 2. The monoisotopic (exact) mass is 426 g/mol. The predicted molar refractivity (Wildman–Crippen MR) is 119 cm³/mol. The summed E-state index contributed by atoms with van der Waals surface area (Å²) in [6, 6.07) is 14.4. The van der Waals surface area contributed by atoms with Crippen LogP contribution in [0.3, 0.4) is 0 Å². The fourth-order valence-corrected chi connectivity index (χ4v) is 4.27. The van der Waals surface area contributed by atoms with Gasteiger partial charge in [0.05, 0.1) is 17.2 Å². The minimum atomic E-state index is -0.0289. The molecule has 1 N–H and O–H groups in total. The number of hydrogen-bond donors (Lipinski definition) is 1. The Morgan fingerprint density at radius 3 is 2.59 bits per heavy atom. The van der Waals surface area contributed by atoms with E-state index in [0.29, 0.717) is 11.3 Å². The van der Waals surface area contributed by atoms with E-state index in [0.717, 1.165) is 47.1 Å². The number of para-hydroxylation sites is 1. The number of rotatable bonds is 4. The van der Waals surface area contributed by atoms with Crippen LogP contribution in [0, 0.1) is 11.3 Å². The molecule has 1 aliphatic heterocycles. The number of aromatic nitrogens is 2. The molecule has 2 aromatic carbocycles. The molecule has 0 amide bonds. The maximum atomic E-state index is 9.45. The van der Waals surface area contributed by atoms with Crippen molar-refractivity contribution in [3.05, 3.63) is 53.1 Å². The highest BCUT2D eigenvalue weighted by molar-refractivity contribution is 7.18. The lowest BCUT2D eigenvalue weighted by Gasteiger charge is -2.14. The third kappa shape index (κ3) is 4.59. The van der Waals surface area contributed by atoms with Crippen molar-refractivity contribution in [3.8, 4) is 33.0 Å². The molecule has 0 fully saturated rings.